The van der Waals surface area contributed by atoms with E-state index in [0.29, 0.717) is 5.82 Å². The maximum atomic E-state index is 11.6. The molecule has 0 atom stereocenters. The number of nitrogens with zero attached hydrogens (tertiary/aromatic N) is 5. The fraction of sp³-hybridized carbons (Fsp3) is 0. The molecule has 86 valence electrons. The molecule has 2 aromatic rings. The SMILES string of the molecule is NNc1ccc(C(=O)Nc2nccnn2)nn1. The Hall–Kier alpha value is -2.68. The van der Waals surface area contributed by atoms with E-state index in [1.807, 2.05) is 0 Å². The number of carbonyl (C=O) groups is 1. The first-order valence-corrected chi connectivity index (χ1v) is 4.55. The van der Waals surface area contributed by atoms with Gasteiger partial charge in [-0.05, 0) is 12.1 Å². The van der Waals surface area contributed by atoms with Crippen molar-refractivity contribution in [3.05, 3.63) is 30.2 Å². The van der Waals surface area contributed by atoms with Crippen molar-refractivity contribution in [2.75, 3.05) is 10.7 Å². The number of nitrogens with two attached hydrogens (primary N) is 1. The van der Waals surface area contributed by atoms with E-state index in [9.17, 15) is 4.79 Å². The van der Waals surface area contributed by atoms with E-state index in [1.165, 1.54) is 24.5 Å². The van der Waals surface area contributed by atoms with Crippen molar-refractivity contribution in [2.24, 2.45) is 5.84 Å². The van der Waals surface area contributed by atoms with Crippen LogP contribution in [0.2, 0.25) is 0 Å². The number of hydrogen-bond donors (Lipinski definition) is 3. The number of aromatic nitrogens is 5. The van der Waals surface area contributed by atoms with Crippen LogP contribution in [0.4, 0.5) is 11.8 Å². The minimum atomic E-state index is -0.478. The van der Waals surface area contributed by atoms with E-state index in [1.54, 1.807) is 0 Å². The van der Waals surface area contributed by atoms with Gasteiger partial charge in [0.2, 0.25) is 5.95 Å². The first-order valence-electron chi connectivity index (χ1n) is 4.55. The summed E-state index contributed by atoms with van der Waals surface area (Å²) in [6.07, 6.45) is 2.81. The molecule has 1 amide bonds. The van der Waals surface area contributed by atoms with Crippen LogP contribution in [0.1, 0.15) is 10.5 Å². The highest BCUT2D eigenvalue weighted by atomic mass is 16.2. The van der Waals surface area contributed by atoms with Crippen molar-refractivity contribution in [1.29, 1.82) is 0 Å². The van der Waals surface area contributed by atoms with E-state index >= 15 is 0 Å². The van der Waals surface area contributed by atoms with Gasteiger partial charge in [-0.1, -0.05) is 0 Å². The Morgan fingerprint density at radius 3 is 2.65 bits per heavy atom. The van der Waals surface area contributed by atoms with Crippen molar-refractivity contribution < 1.29 is 4.79 Å². The molecule has 0 aromatic carbocycles. The topological polar surface area (TPSA) is 132 Å². The third-order valence-corrected chi connectivity index (χ3v) is 1.75. The van der Waals surface area contributed by atoms with Crippen LogP contribution in [0.5, 0.6) is 0 Å². The van der Waals surface area contributed by atoms with Gasteiger partial charge in [0, 0.05) is 0 Å². The number of amides is 1. The lowest BCUT2D eigenvalue weighted by Crippen LogP contribution is -2.17. The molecule has 9 heteroatoms. The fourth-order valence-corrected chi connectivity index (χ4v) is 1.00. The van der Waals surface area contributed by atoms with E-state index < -0.39 is 5.91 Å². The quantitative estimate of drug-likeness (QED) is 0.463. The molecule has 4 N–H and O–H groups in total. The van der Waals surface area contributed by atoms with Gasteiger partial charge < -0.3 is 5.43 Å². The Morgan fingerprint density at radius 1 is 1.18 bits per heavy atom. The van der Waals surface area contributed by atoms with Crippen molar-refractivity contribution in [2.45, 2.75) is 0 Å². The molecular formula is C8H8N8O. The molecule has 2 heterocycles. The Labute approximate surface area is 95.5 Å². The first-order chi connectivity index (χ1) is 8.29. The third kappa shape index (κ3) is 2.66. The summed E-state index contributed by atoms with van der Waals surface area (Å²) in [6, 6.07) is 2.99. The molecule has 0 unspecified atom stereocenters. The summed E-state index contributed by atoms with van der Waals surface area (Å²) >= 11 is 0. The molecule has 0 aliphatic rings. The Morgan fingerprint density at radius 2 is 2.06 bits per heavy atom. The summed E-state index contributed by atoms with van der Waals surface area (Å²) in [5, 5.41) is 16.9. The van der Waals surface area contributed by atoms with E-state index in [0.717, 1.165) is 0 Å². The second-order valence-electron chi connectivity index (χ2n) is 2.87. The minimum Gasteiger partial charge on any atom is -0.307 e. The second-order valence-corrected chi connectivity index (χ2v) is 2.87. The molecule has 0 spiro atoms. The largest absolute Gasteiger partial charge is 0.307 e. The summed E-state index contributed by atoms with van der Waals surface area (Å²) < 4.78 is 0. The van der Waals surface area contributed by atoms with Crippen LogP contribution in [0, 0.1) is 0 Å². The fourth-order valence-electron chi connectivity index (χ4n) is 1.00. The summed E-state index contributed by atoms with van der Waals surface area (Å²) in [7, 11) is 0. The lowest BCUT2D eigenvalue weighted by atomic mass is 10.3. The molecule has 0 bridgehead atoms. The van der Waals surface area contributed by atoms with Crippen LogP contribution < -0.4 is 16.6 Å². The molecule has 0 aliphatic carbocycles. The highest BCUT2D eigenvalue weighted by Crippen LogP contribution is 2.02. The summed E-state index contributed by atoms with van der Waals surface area (Å²) in [5.41, 5.74) is 2.42. The van der Waals surface area contributed by atoms with Crippen LogP contribution in [0.15, 0.2) is 24.5 Å². The average molecular weight is 232 g/mol. The maximum absolute atomic E-state index is 11.6. The Kier molecular flexibility index (Phi) is 3.12. The molecule has 2 aromatic heterocycles. The zero-order valence-electron chi connectivity index (χ0n) is 8.53. The van der Waals surface area contributed by atoms with Crippen LogP contribution in [-0.4, -0.2) is 31.3 Å². The lowest BCUT2D eigenvalue weighted by molar-refractivity contribution is 0.102. The van der Waals surface area contributed by atoms with Gasteiger partial charge in [-0.25, -0.2) is 10.8 Å². The van der Waals surface area contributed by atoms with Gasteiger partial charge in [0.25, 0.3) is 5.91 Å². The molecule has 17 heavy (non-hydrogen) atoms. The Bertz CT molecular complexity index is 499. The highest BCUT2D eigenvalue weighted by Gasteiger charge is 2.09. The highest BCUT2D eigenvalue weighted by molar-refractivity contribution is 6.01. The van der Waals surface area contributed by atoms with Crippen LogP contribution in [-0.2, 0) is 0 Å². The molecule has 0 fully saturated rings. The van der Waals surface area contributed by atoms with E-state index in [-0.39, 0.29) is 11.6 Å². The molecule has 0 radical (unpaired) electrons. The number of rotatable bonds is 3. The van der Waals surface area contributed by atoms with Crippen LogP contribution in [0.3, 0.4) is 0 Å². The molecule has 0 aliphatic heterocycles. The summed E-state index contributed by atoms with van der Waals surface area (Å²) in [5.74, 6) is 5.10. The van der Waals surface area contributed by atoms with Gasteiger partial charge in [-0.2, -0.15) is 5.10 Å². The average Bonchev–Trinajstić information content (AvgIpc) is 2.40. The van der Waals surface area contributed by atoms with Crippen molar-refractivity contribution in [3.8, 4) is 0 Å². The Balaban J connectivity index is 2.09. The van der Waals surface area contributed by atoms with Crippen LogP contribution >= 0.6 is 0 Å². The number of hydrazine groups is 1. The maximum Gasteiger partial charge on any atom is 0.278 e. The predicted molar refractivity (Wildman–Crippen MR) is 57.6 cm³/mol. The number of carbonyl (C=O) groups excluding carboxylic acids is 1. The molecule has 0 saturated carbocycles. The second kappa shape index (κ2) is 4.90. The number of anilines is 2. The van der Waals surface area contributed by atoms with Gasteiger partial charge >= 0.3 is 0 Å². The monoisotopic (exact) mass is 232 g/mol. The third-order valence-electron chi connectivity index (χ3n) is 1.75. The van der Waals surface area contributed by atoms with Crippen molar-refractivity contribution in [1.82, 2.24) is 25.4 Å². The smallest absolute Gasteiger partial charge is 0.278 e. The van der Waals surface area contributed by atoms with Crippen molar-refractivity contribution >= 4 is 17.7 Å². The van der Waals surface area contributed by atoms with Gasteiger partial charge in [0.1, 0.15) is 0 Å². The van der Waals surface area contributed by atoms with Gasteiger partial charge in [0.15, 0.2) is 11.5 Å². The van der Waals surface area contributed by atoms with E-state index in [2.05, 4.69) is 36.1 Å². The zero-order chi connectivity index (χ0) is 12.1. The van der Waals surface area contributed by atoms with Crippen molar-refractivity contribution in [3.63, 3.8) is 0 Å². The van der Waals surface area contributed by atoms with Gasteiger partial charge in [-0.3, -0.25) is 10.1 Å². The molecule has 9 nitrogen and oxygen atoms in total. The lowest BCUT2D eigenvalue weighted by Gasteiger charge is -2.01. The molecular weight excluding hydrogens is 224 g/mol. The number of nitrogen functional groups attached to an aromatic ring is 1. The zero-order valence-corrected chi connectivity index (χ0v) is 8.53. The molecule has 2 rings (SSSR count). The minimum absolute atomic E-state index is 0.0975. The normalized spacial score (nSPS) is 9.71. The van der Waals surface area contributed by atoms with Gasteiger partial charge in [0.05, 0.1) is 12.4 Å². The number of hydrogen-bond acceptors (Lipinski definition) is 8. The molecule has 0 saturated heterocycles. The van der Waals surface area contributed by atoms with Gasteiger partial charge in [-0.15, -0.1) is 15.3 Å². The predicted octanol–water partition coefficient (Wildman–Crippen LogP) is -0.801. The first kappa shape index (κ1) is 10.8. The summed E-state index contributed by atoms with van der Waals surface area (Å²) in [4.78, 5) is 15.4. The number of nitrogens with one attached hydrogen (secondary N) is 2. The summed E-state index contributed by atoms with van der Waals surface area (Å²) in [6.45, 7) is 0. The van der Waals surface area contributed by atoms with Crippen LogP contribution in [0.25, 0.3) is 0 Å². The van der Waals surface area contributed by atoms with E-state index in [4.69, 9.17) is 5.84 Å². The standard InChI is InChI=1S/C8H8N8O/c9-13-6-2-1-5(14-15-6)7(17)12-8-10-3-4-11-16-8/h1-4H,9H2,(H,13,15)(H,10,12,16,17).